The monoisotopic (exact) mass is 567 g/mol. The number of rotatable bonds is 8. The Morgan fingerprint density at radius 3 is 2.03 bits per heavy atom. The third kappa shape index (κ3) is 7.20. The van der Waals surface area contributed by atoms with Crippen molar-refractivity contribution in [1.82, 2.24) is 14.1 Å². The van der Waals surface area contributed by atoms with Gasteiger partial charge in [0, 0.05) is 51.4 Å². The first-order valence-electron chi connectivity index (χ1n) is 12.1. The average Bonchev–Trinajstić information content (AvgIpc) is 2.92. The number of carbonyl (C=O) groups is 1. The van der Waals surface area contributed by atoms with E-state index in [4.69, 9.17) is 0 Å². The van der Waals surface area contributed by atoms with Crippen LogP contribution in [0.4, 0.5) is 22.0 Å². The van der Waals surface area contributed by atoms with Crippen LogP contribution in [0.15, 0.2) is 77.7 Å². The van der Waals surface area contributed by atoms with Gasteiger partial charge in [-0.05, 0) is 60.2 Å². The van der Waals surface area contributed by atoms with E-state index in [1.165, 1.54) is 36.4 Å². The number of piperazine rings is 1. The Hall–Kier alpha value is -3.35. The molecule has 1 aliphatic rings. The molecule has 0 spiro atoms. The van der Waals surface area contributed by atoms with Gasteiger partial charge in [-0.1, -0.05) is 18.2 Å². The normalized spacial score (nSPS) is 15.3. The van der Waals surface area contributed by atoms with Crippen LogP contribution in [0, 0.1) is 11.6 Å². The number of benzene rings is 3. The second-order valence-corrected chi connectivity index (χ2v) is 11.1. The van der Waals surface area contributed by atoms with Crippen LogP contribution < -0.4 is 0 Å². The van der Waals surface area contributed by atoms with Crippen molar-refractivity contribution in [2.24, 2.45) is 0 Å². The fourth-order valence-corrected chi connectivity index (χ4v) is 5.74. The molecule has 0 unspecified atom stereocenters. The Morgan fingerprint density at radius 2 is 1.44 bits per heavy atom. The lowest BCUT2D eigenvalue weighted by Gasteiger charge is -2.35. The fourth-order valence-electron chi connectivity index (χ4n) is 4.28. The molecule has 12 heteroatoms. The predicted molar refractivity (Wildman–Crippen MR) is 134 cm³/mol. The minimum atomic E-state index is -4.66. The lowest BCUT2D eigenvalue weighted by atomic mass is 10.1. The molecule has 208 valence electrons. The number of hydrogen-bond donors (Lipinski definition) is 0. The number of sulfonamides is 1. The van der Waals surface area contributed by atoms with E-state index in [-0.39, 0.29) is 37.6 Å². The summed E-state index contributed by atoms with van der Waals surface area (Å²) in [7, 11) is -4.12. The third-order valence-electron chi connectivity index (χ3n) is 6.48. The number of nitrogens with zero attached hydrogens (tertiary/aromatic N) is 3. The van der Waals surface area contributed by atoms with Gasteiger partial charge in [-0.25, -0.2) is 17.2 Å². The van der Waals surface area contributed by atoms with Crippen LogP contribution in [0.3, 0.4) is 0 Å². The van der Waals surface area contributed by atoms with Crippen molar-refractivity contribution >= 4 is 15.9 Å². The SMILES string of the molecule is O=C(c1ccc(F)cc1)N(CCN1CCN(S(=O)(=O)c2cccc(C(F)(F)F)c2)CC1)Cc1ccc(F)cc1. The first-order valence-corrected chi connectivity index (χ1v) is 13.6. The van der Waals surface area contributed by atoms with E-state index >= 15 is 0 Å². The van der Waals surface area contributed by atoms with Gasteiger partial charge in [0.2, 0.25) is 10.0 Å². The highest BCUT2D eigenvalue weighted by atomic mass is 32.2. The summed E-state index contributed by atoms with van der Waals surface area (Å²) in [4.78, 5) is 16.3. The molecule has 1 heterocycles. The van der Waals surface area contributed by atoms with E-state index in [1.54, 1.807) is 17.0 Å². The quantitative estimate of drug-likeness (QED) is 0.373. The van der Waals surface area contributed by atoms with Crippen molar-refractivity contribution in [2.45, 2.75) is 17.6 Å². The molecule has 0 aliphatic carbocycles. The summed E-state index contributed by atoms with van der Waals surface area (Å²) in [5.74, 6) is -1.23. The van der Waals surface area contributed by atoms with Gasteiger partial charge in [0.15, 0.2) is 0 Å². The molecule has 3 aromatic rings. The number of amides is 1. The van der Waals surface area contributed by atoms with Crippen molar-refractivity contribution in [3.8, 4) is 0 Å². The smallest absolute Gasteiger partial charge is 0.333 e. The molecular formula is C27H26F5N3O3S. The highest BCUT2D eigenvalue weighted by molar-refractivity contribution is 7.89. The van der Waals surface area contributed by atoms with Crippen LogP contribution in [0.1, 0.15) is 21.5 Å². The Balaban J connectivity index is 1.40. The minimum absolute atomic E-state index is 0.0719. The molecule has 3 aromatic carbocycles. The molecule has 0 atom stereocenters. The van der Waals surface area contributed by atoms with Crippen molar-refractivity contribution in [3.05, 3.63) is 101 Å². The molecule has 0 aromatic heterocycles. The first-order chi connectivity index (χ1) is 18.4. The van der Waals surface area contributed by atoms with Crippen LogP contribution in [-0.2, 0) is 22.7 Å². The molecule has 1 fully saturated rings. The zero-order chi connectivity index (χ0) is 28.2. The van der Waals surface area contributed by atoms with E-state index in [0.717, 1.165) is 22.5 Å². The molecule has 39 heavy (non-hydrogen) atoms. The summed E-state index contributed by atoms with van der Waals surface area (Å²) in [5, 5.41) is 0. The second-order valence-electron chi connectivity index (χ2n) is 9.13. The van der Waals surface area contributed by atoms with Gasteiger partial charge in [-0.2, -0.15) is 17.5 Å². The molecule has 0 N–H and O–H groups in total. The molecule has 0 saturated carbocycles. The van der Waals surface area contributed by atoms with E-state index in [2.05, 4.69) is 0 Å². The van der Waals surface area contributed by atoms with Gasteiger partial charge < -0.3 is 4.90 Å². The molecule has 1 saturated heterocycles. The Labute approximate surface area is 223 Å². The summed E-state index contributed by atoms with van der Waals surface area (Å²) in [6.07, 6.45) is -4.66. The van der Waals surface area contributed by atoms with Crippen molar-refractivity contribution in [2.75, 3.05) is 39.3 Å². The molecule has 1 aliphatic heterocycles. The molecule has 0 bridgehead atoms. The molecule has 0 radical (unpaired) electrons. The van der Waals surface area contributed by atoms with E-state index in [9.17, 15) is 35.2 Å². The summed E-state index contributed by atoms with van der Waals surface area (Å²) >= 11 is 0. The maximum atomic E-state index is 13.4. The predicted octanol–water partition coefficient (Wildman–Crippen LogP) is 4.63. The zero-order valence-electron chi connectivity index (χ0n) is 20.7. The summed E-state index contributed by atoms with van der Waals surface area (Å²) in [6, 6.07) is 14.5. The summed E-state index contributed by atoms with van der Waals surface area (Å²) in [5.41, 5.74) is -0.0475. The molecular weight excluding hydrogens is 541 g/mol. The molecule has 6 nitrogen and oxygen atoms in total. The Morgan fingerprint density at radius 1 is 0.846 bits per heavy atom. The van der Waals surface area contributed by atoms with Gasteiger partial charge in [-0.3, -0.25) is 9.69 Å². The summed E-state index contributed by atoms with van der Waals surface area (Å²) in [6.45, 7) is 1.60. The second kappa shape index (κ2) is 11.8. The van der Waals surface area contributed by atoms with E-state index in [0.29, 0.717) is 31.3 Å². The summed E-state index contributed by atoms with van der Waals surface area (Å²) < 4.78 is 93.0. The highest BCUT2D eigenvalue weighted by Crippen LogP contribution is 2.31. The van der Waals surface area contributed by atoms with Crippen molar-refractivity contribution in [1.29, 1.82) is 0 Å². The molecule has 4 rings (SSSR count). The van der Waals surface area contributed by atoms with Gasteiger partial charge in [0.25, 0.3) is 5.91 Å². The van der Waals surface area contributed by atoms with Crippen molar-refractivity contribution in [3.63, 3.8) is 0 Å². The number of alkyl halides is 3. The fraction of sp³-hybridized carbons (Fsp3) is 0.296. The van der Waals surface area contributed by atoms with Crippen LogP contribution in [0.2, 0.25) is 0 Å². The van der Waals surface area contributed by atoms with Gasteiger partial charge in [0.1, 0.15) is 11.6 Å². The molecule has 1 amide bonds. The average molecular weight is 568 g/mol. The van der Waals surface area contributed by atoms with E-state index < -0.39 is 38.3 Å². The van der Waals surface area contributed by atoms with Crippen LogP contribution >= 0.6 is 0 Å². The maximum absolute atomic E-state index is 13.4. The zero-order valence-corrected chi connectivity index (χ0v) is 21.6. The van der Waals surface area contributed by atoms with Crippen LogP contribution in [0.5, 0.6) is 0 Å². The van der Waals surface area contributed by atoms with Crippen LogP contribution in [0.25, 0.3) is 0 Å². The Bertz CT molecular complexity index is 1390. The van der Waals surface area contributed by atoms with E-state index in [1.807, 2.05) is 4.90 Å². The minimum Gasteiger partial charge on any atom is -0.333 e. The van der Waals surface area contributed by atoms with Gasteiger partial charge >= 0.3 is 6.18 Å². The topological polar surface area (TPSA) is 60.9 Å². The van der Waals surface area contributed by atoms with Crippen molar-refractivity contribution < 1.29 is 35.2 Å². The highest BCUT2D eigenvalue weighted by Gasteiger charge is 2.34. The first kappa shape index (κ1) is 28.7. The number of carbonyl (C=O) groups excluding carboxylic acids is 1. The standard InChI is InChI=1S/C27H26F5N3O3S/c28-23-8-4-20(5-9-23)19-34(26(36)21-6-10-24(29)11-7-21)15-12-33-13-16-35(17-14-33)39(37,38)25-3-1-2-22(18-25)27(30,31)32/h1-11,18H,12-17,19H2. The van der Waals surface area contributed by atoms with Crippen LogP contribution in [-0.4, -0.2) is 67.7 Å². The third-order valence-corrected chi connectivity index (χ3v) is 8.38. The lowest BCUT2D eigenvalue weighted by Crippen LogP contribution is -2.50. The lowest BCUT2D eigenvalue weighted by molar-refractivity contribution is -0.137. The largest absolute Gasteiger partial charge is 0.416 e. The van der Waals surface area contributed by atoms with Gasteiger partial charge in [-0.15, -0.1) is 0 Å². The number of hydrogen-bond acceptors (Lipinski definition) is 4. The van der Waals surface area contributed by atoms with Gasteiger partial charge in [0.05, 0.1) is 10.5 Å². The maximum Gasteiger partial charge on any atom is 0.416 e. The number of halogens is 5. The Kier molecular flexibility index (Phi) is 8.67.